The highest BCUT2D eigenvalue weighted by molar-refractivity contribution is 6.31. The van der Waals surface area contributed by atoms with Crippen LogP contribution in [-0.2, 0) is 4.79 Å². The highest BCUT2D eigenvalue weighted by Gasteiger charge is 2.21. The Hall–Kier alpha value is -4.29. The number of carboxylic acids is 1. The van der Waals surface area contributed by atoms with Crippen LogP contribution in [0.15, 0.2) is 97.1 Å². The molecule has 2 unspecified atom stereocenters. The molecule has 0 fully saturated rings. The highest BCUT2D eigenvalue weighted by atomic mass is 35.5. The lowest BCUT2D eigenvalue weighted by Crippen LogP contribution is -2.31. The molecular formula is C33H33ClN2O4. The summed E-state index contributed by atoms with van der Waals surface area (Å²) in [6.07, 6.45) is 0.733. The first-order valence-electron chi connectivity index (χ1n) is 13.3. The molecule has 7 heteroatoms. The first kappa shape index (κ1) is 28.7. The molecule has 3 N–H and O–H groups in total. The summed E-state index contributed by atoms with van der Waals surface area (Å²) >= 11 is 6.22. The lowest BCUT2D eigenvalue weighted by atomic mass is 9.98. The number of carbonyl (C=O) groups is 2. The molecule has 4 rings (SSSR count). The van der Waals surface area contributed by atoms with Crippen LogP contribution in [0, 0.1) is 5.92 Å². The van der Waals surface area contributed by atoms with Crippen molar-refractivity contribution in [3.63, 3.8) is 0 Å². The first-order valence-corrected chi connectivity index (χ1v) is 13.7. The van der Waals surface area contributed by atoms with Crippen molar-refractivity contribution in [3.05, 3.63) is 113 Å². The minimum Gasteiger partial charge on any atom is -0.481 e. The smallest absolute Gasteiger partial charge is 0.305 e. The van der Waals surface area contributed by atoms with Gasteiger partial charge in [0.15, 0.2) is 0 Å². The van der Waals surface area contributed by atoms with E-state index in [0.717, 1.165) is 23.3 Å². The number of carboxylic acid groups (broad SMARTS) is 1. The number of ether oxygens (including phenoxy) is 1. The van der Waals surface area contributed by atoms with Crippen LogP contribution in [0.4, 0.5) is 5.69 Å². The van der Waals surface area contributed by atoms with E-state index >= 15 is 0 Å². The van der Waals surface area contributed by atoms with Gasteiger partial charge in [-0.2, -0.15) is 0 Å². The van der Waals surface area contributed by atoms with E-state index in [4.69, 9.17) is 16.3 Å². The lowest BCUT2D eigenvalue weighted by Gasteiger charge is -2.20. The molecule has 4 aromatic carbocycles. The van der Waals surface area contributed by atoms with E-state index in [2.05, 4.69) is 24.5 Å². The van der Waals surface area contributed by atoms with Gasteiger partial charge in [-0.15, -0.1) is 0 Å². The minimum atomic E-state index is -1.02. The third-order valence-electron chi connectivity index (χ3n) is 6.73. The van der Waals surface area contributed by atoms with Gasteiger partial charge in [-0.3, -0.25) is 9.59 Å². The lowest BCUT2D eigenvalue weighted by molar-refractivity contribution is -0.137. The Kier molecular flexibility index (Phi) is 9.81. The Bertz CT molecular complexity index is 1440. The average Bonchev–Trinajstić information content (AvgIpc) is 2.96. The van der Waals surface area contributed by atoms with E-state index in [1.807, 2.05) is 78.9 Å². The predicted molar refractivity (Wildman–Crippen MR) is 160 cm³/mol. The Morgan fingerprint density at radius 1 is 0.925 bits per heavy atom. The van der Waals surface area contributed by atoms with Crippen molar-refractivity contribution in [2.45, 2.75) is 32.7 Å². The molecule has 0 spiro atoms. The van der Waals surface area contributed by atoms with Crippen molar-refractivity contribution in [2.24, 2.45) is 5.92 Å². The van der Waals surface area contributed by atoms with Crippen molar-refractivity contribution in [1.82, 2.24) is 5.32 Å². The minimum absolute atomic E-state index is 0.269. The van der Waals surface area contributed by atoms with Crippen LogP contribution in [0.2, 0.25) is 5.02 Å². The summed E-state index contributed by atoms with van der Waals surface area (Å²) < 4.78 is 6.11. The SMILES string of the molecule is CCC(C)CNc1ccc(Cl)cc1C(=O)NC(CC(=O)O)c1ccc(-c2ccccc2Oc2ccccc2)cc1. The molecule has 1 amide bonds. The second-order valence-electron chi connectivity index (χ2n) is 9.74. The number of rotatable bonds is 12. The van der Waals surface area contributed by atoms with Gasteiger partial charge >= 0.3 is 5.97 Å². The molecular weight excluding hydrogens is 524 g/mol. The molecule has 2 atom stereocenters. The summed E-state index contributed by atoms with van der Waals surface area (Å²) in [5, 5.41) is 16.3. The number of carbonyl (C=O) groups excluding carboxylic acids is 1. The topological polar surface area (TPSA) is 87.7 Å². The van der Waals surface area contributed by atoms with Crippen LogP contribution in [0.5, 0.6) is 11.5 Å². The van der Waals surface area contributed by atoms with Crippen molar-refractivity contribution in [2.75, 3.05) is 11.9 Å². The number of nitrogens with one attached hydrogen (secondary N) is 2. The van der Waals surface area contributed by atoms with Crippen molar-refractivity contribution in [3.8, 4) is 22.6 Å². The zero-order valence-electron chi connectivity index (χ0n) is 22.6. The van der Waals surface area contributed by atoms with Gasteiger partial charge in [0.25, 0.3) is 5.91 Å². The summed E-state index contributed by atoms with van der Waals surface area (Å²) in [7, 11) is 0. The van der Waals surface area contributed by atoms with Gasteiger partial charge in [-0.1, -0.05) is 92.5 Å². The fraction of sp³-hybridized carbons (Fsp3) is 0.212. The van der Waals surface area contributed by atoms with E-state index in [0.29, 0.717) is 40.0 Å². The molecule has 6 nitrogen and oxygen atoms in total. The second kappa shape index (κ2) is 13.7. The highest BCUT2D eigenvalue weighted by Crippen LogP contribution is 2.34. The number of halogens is 1. The van der Waals surface area contributed by atoms with Gasteiger partial charge in [-0.25, -0.2) is 0 Å². The van der Waals surface area contributed by atoms with Crippen LogP contribution in [0.3, 0.4) is 0 Å². The Morgan fingerprint density at radius 3 is 2.33 bits per heavy atom. The molecule has 40 heavy (non-hydrogen) atoms. The number of para-hydroxylation sites is 2. The molecule has 0 saturated carbocycles. The molecule has 4 aromatic rings. The van der Waals surface area contributed by atoms with E-state index < -0.39 is 17.9 Å². The van der Waals surface area contributed by atoms with Gasteiger partial charge in [0, 0.05) is 22.8 Å². The predicted octanol–water partition coefficient (Wildman–Crippen LogP) is 8.20. The van der Waals surface area contributed by atoms with E-state index in [-0.39, 0.29) is 6.42 Å². The van der Waals surface area contributed by atoms with Gasteiger partial charge < -0.3 is 20.5 Å². The maximum Gasteiger partial charge on any atom is 0.305 e. The van der Waals surface area contributed by atoms with E-state index in [9.17, 15) is 14.7 Å². The quantitative estimate of drug-likeness (QED) is 0.164. The summed E-state index contributed by atoms with van der Waals surface area (Å²) in [5.74, 6) is 0.446. The number of benzene rings is 4. The van der Waals surface area contributed by atoms with Crippen LogP contribution >= 0.6 is 11.6 Å². The maximum absolute atomic E-state index is 13.4. The Balaban J connectivity index is 1.56. The summed E-state index contributed by atoms with van der Waals surface area (Å²) in [4.78, 5) is 25.1. The number of anilines is 1. The zero-order chi connectivity index (χ0) is 28.5. The largest absolute Gasteiger partial charge is 0.481 e. The van der Waals surface area contributed by atoms with Gasteiger partial charge in [-0.05, 0) is 53.4 Å². The maximum atomic E-state index is 13.4. The van der Waals surface area contributed by atoms with Gasteiger partial charge in [0.1, 0.15) is 11.5 Å². The number of aliphatic carboxylic acids is 1. The second-order valence-corrected chi connectivity index (χ2v) is 10.2. The van der Waals surface area contributed by atoms with Crippen molar-refractivity contribution >= 4 is 29.2 Å². The first-order chi connectivity index (χ1) is 19.3. The van der Waals surface area contributed by atoms with Gasteiger partial charge in [0.2, 0.25) is 0 Å². The van der Waals surface area contributed by atoms with E-state index in [1.165, 1.54) is 0 Å². The zero-order valence-corrected chi connectivity index (χ0v) is 23.3. The molecule has 0 saturated heterocycles. The molecule has 206 valence electrons. The number of hydrogen-bond acceptors (Lipinski definition) is 4. The fourth-order valence-electron chi connectivity index (χ4n) is 4.25. The van der Waals surface area contributed by atoms with Crippen LogP contribution in [0.1, 0.15) is 48.7 Å². The molecule has 0 aromatic heterocycles. The van der Waals surface area contributed by atoms with Crippen LogP contribution in [0.25, 0.3) is 11.1 Å². The van der Waals surface area contributed by atoms with Crippen molar-refractivity contribution < 1.29 is 19.4 Å². The summed E-state index contributed by atoms with van der Waals surface area (Å²) in [6, 6.07) is 29.1. The fourth-order valence-corrected chi connectivity index (χ4v) is 4.43. The monoisotopic (exact) mass is 556 g/mol. The molecule has 0 aliphatic heterocycles. The van der Waals surface area contributed by atoms with Crippen molar-refractivity contribution in [1.29, 1.82) is 0 Å². The molecule has 0 aliphatic carbocycles. The van der Waals surface area contributed by atoms with Crippen LogP contribution < -0.4 is 15.4 Å². The average molecular weight is 557 g/mol. The Labute approximate surface area is 240 Å². The third-order valence-corrected chi connectivity index (χ3v) is 6.97. The van der Waals surface area contributed by atoms with Gasteiger partial charge in [0.05, 0.1) is 18.0 Å². The summed E-state index contributed by atoms with van der Waals surface area (Å²) in [6.45, 7) is 4.94. The number of hydrogen-bond donors (Lipinski definition) is 3. The molecule has 0 radical (unpaired) electrons. The number of amides is 1. The standard InChI is InChI=1S/C33H33ClN2O4/c1-3-22(2)21-35-29-18-17-25(34)19-28(29)33(39)36-30(20-32(37)38)24-15-13-23(14-16-24)27-11-7-8-12-31(27)40-26-9-5-4-6-10-26/h4-19,22,30,35H,3,20-21H2,1-2H3,(H,36,39)(H,37,38). The molecule has 0 aliphatic rings. The normalized spacial score (nSPS) is 12.3. The Morgan fingerprint density at radius 2 is 1.62 bits per heavy atom. The summed E-state index contributed by atoms with van der Waals surface area (Å²) in [5.41, 5.74) is 3.50. The van der Waals surface area contributed by atoms with Crippen LogP contribution in [-0.4, -0.2) is 23.5 Å². The molecule has 0 heterocycles. The molecule has 0 bridgehead atoms. The third kappa shape index (κ3) is 7.64. The van der Waals surface area contributed by atoms with E-state index in [1.54, 1.807) is 18.2 Å².